The predicted octanol–water partition coefficient (Wildman–Crippen LogP) is 2.70. The molecular weight excluding hydrogens is 176 g/mol. The minimum Gasteiger partial charge on any atom is -0.378 e. The standard InChI is InChI=1S/C12H20O2/c13-11(8-10-4-3-5-10)9-12-6-1-2-7-14-12/h10,12H,1-9H2. The molecule has 1 atom stereocenters. The highest BCUT2D eigenvalue weighted by molar-refractivity contribution is 5.79. The van der Waals surface area contributed by atoms with E-state index in [-0.39, 0.29) is 6.10 Å². The zero-order valence-electron chi connectivity index (χ0n) is 8.84. The predicted molar refractivity (Wildman–Crippen MR) is 55.2 cm³/mol. The average molecular weight is 196 g/mol. The minimum atomic E-state index is 0.247. The van der Waals surface area contributed by atoms with Gasteiger partial charge in [-0.15, -0.1) is 0 Å². The maximum atomic E-state index is 11.6. The summed E-state index contributed by atoms with van der Waals surface area (Å²) < 4.78 is 5.56. The summed E-state index contributed by atoms with van der Waals surface area (Å²) in [5.41, 5.74) is 0. The van der Waals surface area contributed by atoms with Crippen LogP contribution >= 0.6 is 0 Å². The fourth-order valence-electron chi connectivity index (χ4n) is 2.32. The van der Waals surface area contributed by atoms with E-state index >= 15 is 0 Å². The average Bonchev–Trinajstić information content (AvgIpc) is 2.13. The van der Waals surface area contributed by atoms with Crippen LogP contribution in [0.4, 0.5) is 0 Å². The molecule has 0 aromatic heterocycles. The Morgan fingerprint density at radius 1 is 1.07 bits per heavy atom. The molecule has 1 saturated carbocycles. The Labute approximate surface area is 86.0 Å². The molecule has 2 fully saturated rings. The van der Waals surface area contributed by atoms with Crippen LogP contribution in [0.15, 0.2) is 0 Å². The quantitative estimate of drug-likeness (QED) is 0.691. The molecule has 0 aromatic rings. The highest BCUT2D eigenvalue weighted by Crippen LogP contribution is 2.30. The molecule has 1 aliphatic heterocycles. The van der Waals surface area contributed by atoms with E-state index in [9.17, 15) is 4.79 Å². The van der Waals surface area contributed by atoms with Crippen LogP contribution in [0, 0.1) is 5.92 Å². The van der Waals surface area contributed by atoms with Crippen LogP contribution in [-0.4, -0.2) is 18.5 Å². The van der Waals surface area contributed by atoms with Crippen molar-refractivity contribution in [2.45, 2.75) is 57.5 Å². The molecule has 2 rings (SSSR count). The van der Waals surface area contributed by atoms with E-state index in [1.165, 1.54) is 32.1 Å². The summed E-state index contributed by atoms with van der Waals surface area (Å²) in [6, 6.07) is 0. The zero-order chi connectivity index (χ0) is 9.80. The van der Waals surface area contributed by atoms with Gasteiger partial charge in [0, 0.05) is 19.4 Å². The van der Waals surface area contributed by atoms with Crippen molar-refractivity contribution in [1.29, 1.82) is 0 Å². The van der Waals surface area contributed by atoms with Crippen molar-refractivity contribution in [3.63, 3.8) is 0 Å². The molecule has 80 valence electrons. The summed E-state index contributed by atoms with van der Waals surface area (Å²) in [4.78, 5) is 11.6. The van der Waals surface area contributed by atoms with Crippen LogP contribution in [0.2, 0.25) is 0 Å². The van der Waals surface area contributed by atoms with Gasteiger partial charge in [-0.05, 0) is 25.2 Å². The van der Waals surface area contributed by atoms with Crippen LogP contribution in [0.1, 0.15) is 51.4 Å². The Hall–Kier alpha value is -0.370. The Balaban J connectivity index is 1.64. The third-order valence-electron chi connectivity index (χ3n) is 3.47. The highest BCUT2D eigenvalue weighted by Gasteiger charge is 2.23. The number of carbonyl (C=O) groups is 1. The van der Waals surface area contributed by atoms with E-state index in [1.807, 2.05) is 0 Å². The number of hydrogen-bond acceptors (Lipinski definition) is 2. The van der Waals surface area contributed by atoms with Crippen LogP contribution in [0.5, 0.6) is 0 Å². The molecule has 2 nitrogen and oxygen atoms in total. The normalized spacial score (nSPS) is 28.4. The van der Waals surface area contributed by atoms with E-state index in [0.717, 1.165) is 19.4 Å². The van der Waals surface area contributed by atoms with E-state index in [0.29, 0.717) is 18.1 Å². The Bertz CT molecular complexity index is 190. The first-order valence-electron chi connectivity index (χ1n) is 5.98. The summed E-state index contributed by atoms with van der Waals surface area (Å²) in [7, 11) is 0. The van der Waals surface area contributed by atoms with Crippen molar-refractivity contribution in [3.8, 4) is 0 Å². The van der Waals surface area contributed by atoms with Gasteiger partial charge in [-0.3, -0.25) is 4.79 Å². The number of carbonyl (C=O) groups excluding carboxylic acids is 1. The second kappa shape index (κ2) is 4.92. The summed E-state index contributed by atoms with van der Waals surface area (Å²) in [5, 5.41) is 0. The lowest BCUT2D eigenvalue weighted by molar-refractivity contribution is -0.124. The van der Waals surface area contributed by atoms with E-state index in [4.69, 9.17) is 4.74 Å². The van der Waals surface area contributed by atoms with Crippen molar-refractivity contribution in [2.75, 3.05) is 6.61 Å². The van der Waals surface area contributed by atoms with Gasteiger partial charge in [0.15, 0.2) is 0 Å². The molecule has 0 aromatic carbocycles. The number of ketones is 1. The molecule has 1 aliphatic carbocycles. The summed E-state index contributed by atoms with van der Waals surface area (Å²) in [6.45, 7) is 0.862. The number of ether oxygens (including phenoxy) is 1. The fourth-order valence-corrected chi connectivity index (χ4v) is 2.32. The van der Waals surface area contributed by atoms with E-state index in [1.54, 1.807) is 0 Å². The molecule has 2 heteroatoms. The minimum absolute atomic E-state index is 0.247. The van der Waals surface area contributed by atoms with Gasteiger partial charge >= 0.3 is 0 Å². The SMILES string of the molecule is O=C(CC1CCC1)CC1CCCCO1. The monoisotopic (exact) mass is 196 g/mol. The molecule has 1 saturated heterocycles. The summed E-state index contributed by atoms with van der Waals surface area (Å²) >= 11 is 0. The molecule has 0 N–H and O–H groups in total. The third-order valence-corrected chi connectivity index (χ3v) is 3.47. The van der Waals surface area contributed by atoms with Crippen LogP contribution in [0.3, 0.4) is 0 Å². The Kier molecular flexibility index (Phi) is 3.57. The topological polar surface area (TPSA) is 26.3 Å². The summed E-state index contributed by atoms with van der Waals surface area (Å²) in [5.74, 6) is 1.15. The fraction of sp³-hybridized carbons (Fsp3) is 0.917. The van der Waals surface area contributed by atoms with Gasteiger partial charge in [-0.1, -0.05) is 19.3 Å². The molecule has 14 heavy (non-hydrogen) atoms. The first-order chi connectivity index (χ1) is 6.84. The molecule has 2 aliphatic rings. The molecule has 0 radical (unpaired) electrons. The molecule has 1 unspecified atom stereocenters. The van der Waals surface area contributed by atoms with Crippen molar-refractivity contribution >= 4 is 5.78 Å². The molecule has 0 bridgehead atoms. The van der Waals surface area contributed by atoms with Crippen LogP contribution in [0.25, 0.3) is 0 Å². The molecule has 0 spiro atoms. The lowest BCUT2D eigenvalue weighted by atomic mass is 9.81. The second-order valence-electron chi connectivity index (χ2n) is 4.73. The van der Waals surface area contributed by atoms with Crippen molar-refractivity contribution in [3.05, 3.63) is 0 Å². The Morgan fingerprint density at radius 3 is 2.50 bits per heavy atom. The lowest BCUT2D eigenvalue weighted by Gasteiger charge is -2.26. The van der Waals surface area contributed by atoms with E-state index < -0.39 is 0 Å². The molecule has 1 heterocycles. The van der Waals surface area contributed by atoms with Crippen molar-refractivity contribution in [1.82, 2.24) is 0 Å². The van der Waals surface area contributed by atoms with Gasteiger partial charge in [0.2, 0.25) is 0 Å². The van der Waals surface area contributed by atoms with Gasteiger partial charge in [0.05, 0.1) is 6.10 Å². The van der Waals surface area contributed by atoms with Crippen LogP contribution in [-0.2, 0) is 9.53 Å². The smallest absolute Gasteiger partial charge is 0.135 e. The lowest BCUT2D eigenvalue weighted by Crippen LogP contribution is -2.24. The van der Waals surface area contributed by atoms with Gasteiger partial charge in [0.1, 0.15) is 5.78 Å². The maximum Gasteiger partial charge on any atom is 0.135 e. The number of rotatable bonds is 4. The van der Waals surface area contributed by atoms with E-state index in [2.05, 4.69) is 0 Å². The van der Waals surface area contributed by atoms with Gasteiger partial charge in [-0.2, -0.15) is 0 Å². The van der Waals surface area contributed by atoms with Crippen LogP contribution < -0.4 is 0 Å². The molecular formula is C12H20O2. The van der Waals surface area contributed by atoms with Gasteiger partial charge < -0.3 is 4.74 Å². The number of hydrogen-bond donors (Lipinski definition) is 0. The first-order valence-corrected chi connectivity index (χ1v) is 5.98. The third kappa shape index (κ3) is 2.81. The second-order valence-corrected chi connectivity index (χ2v) is 4.73. The zero-order valence-corrected chi connectivity index (χ0v) is 8.84. The Morgan fingerprint density at radius 2 is 1.93 bits per heavy atom. The van der Waals surface area contributed by atoms with Gasteiger partial charge in [-0.25, -0.2) is 0 Å². The van der Waals surface area contributed by atoms with Gasteiger partial charge in [0.25, 0.3) is 0 Å². The van der Waals surface area contributed by atoms with Crippen molar-refractivity contribution < 1.29 is 9.53 Å². The maximum absolute atomic E-state index is 11.6. The number of Topliss-reactive ketones (excluding diaryl/α,β-unsaturated/α-hetero) is 1. The highest BCUT2D eigenvalue weighted by atomic mass is 16.5. The largest absolute Gasteiger partial charge is 0.378 e. The summed E-state index contributed by atoms with van der Waals surface area (Å²) in [6.07, 6.45) is 9.13. The van der Waals surface area contributed by atoms with Crippen molar-refractivity contribution in [2.24, 2.45) is 5.92 Å². The molecule has 0 amide bonds. The first kappa shape index (κ1) is 10.2.